The third-order valence-corrected chi connectivity index (χ3v) is 3.19. The molecule has 0 fully saturated rings. The van der Waals surface area contributed by atoms with E-state index >= 15 is 0 Å². The Bertz CT molecular complexity index is 283. The minimum Gasteiger partial charge on any atom is -0.493 e. The SMILES string of the molecule is CCC(CC)COc1ccc(C(C)C)cc1. The molecule has 0 aliphatic heterocycles. The van der Waals surface area contributed by atoms with Gasteiger partial charge in [0.15, 0.2) is 0 Å². The molecular weight excluding hydrogens is 196 g/mol. The predicted molar refractivity (Wildman–Crippen MR) is 70.1 cm³/mol. The lowest BCUT2D eigenvalue weighted by atomic mass is 10.0. The number of benzene rings is 1. The van der Waals surface area contributed by atoms with Crippen molar-refractivity contribution in [1.82, 2.24) is 0 Å². The highest BCUT2D eigenvalue weighted by Crippen LogP contribution is 2.19. The van der Waals surface area contributed by atoms with E-state index in [4.69, 9.17) is 4.74 Å². The highest BCUT2D eigenvalue weighted by atomic mass is 16.5. The molecule has 16 heavy (non-hydrogen) atoms. The van der Waals surface area contributed by atoms with Gasteiger partial charge in [0, 0.05) is 0 Å². The Labute approximate surface area is 99.8 Å². The first kappa shape index (κ1) is 13.1. The van der Waals surface area contributed by atoms with Crippen LogP contribution in [-0.2, 0) is 0 Å². The standard InChI is InChI=1S/C15H24O/c1-5-13(6-2)11-16-15-9-7-14(8-10-15)12(3)4/h7-10,12-13H,5-6,11H2,1-4H3. The van der Waals surface area contributed by atoms with E-state index in [1.165, 1.54) is 18.4 Å². The van der Waals surface area contributed by atoms with E-state index in [1.807, 2.05) is 0 Å². The van der Waals surface area contributed by atoms with Gasteiger partial charge in [-0.1, -0.05) is 52.7 Å². The van der Waals surface area contributed by atoms with E-state index in [9.17, 15) is 0 Å². The average molecular weight is 220 g/mol. The maximum atomic E-state index is 5.78. The summed E-state index contributed by atoms with van der Waals surface area (Å²) in [7, 11) is 0. The van der Waals surface area contributed by atoms with Crippen molar-refractivity contribution in [3.8, 4) is 5.75 Å². The second-order valence-electron chi connectivity index (χ2n) is 4.72. The summed E-state index contributed by atoms with van der Waals surface area (Å²) < 4.78 is 5.78. The largest absolute Gasteiger partial charge is 0.493 e. The third kappa shape index (κ3) is 3.88. The molecule has 0 amide bonds. The summed E-state index contributed by atoms with van der Waals surface area (Å²) in [6, 6.07) is 8.48. The average Bonchev–Trinajstić information content (AvgIpc) is 2.31. The van der Waals surface area contributed by atoms with E-state index in [0.29, 0.717) is 11.8 Å². The van der Waals surface area contributed by atoms with Crippen molar-refractivity contribution in [3.63, 3.8) is 0 Å². The predicted octanol–water partition coefficient (Wildman–Crippen LogP) is 4.63. The fourth-order valence-electron chi connectivity index (χ4n) is 1.69. The lowest BCUT2D eigenvalue weighted by molar-refractivity contribution is 0.240. The van der Waals surface area contributed by atoms with Crippen LogP contribution in [0.4, 0.5) is 0 Å². The van der Waals surface area contributed by atoms with Crippen molar-refractivity contribution in [2.24, 2.45) is 5.92 Å². The molecule has 0 unspecified atom stereocenters. The van der Waals surface area contributed by atoms with Crippen LogP contribution in [0.5, 0.6) is 5.75 Å². The summed E-state index contributed by atoms with van der Waals surface area (Å²) in [4.78, 5) is 0. The Balaban J connectivity index is 2.49. The zero-order chi connectivity index (χ0) is 12.0. The van der Waals surface area contributed by atoms with Gasteiger partial charge in [-0.15, -0.1) is 0 Å². The Morgan fingerprint density at radius 1 is 1.00 bits per heavy atom. The van der Waals surface area contributed by atoms with Crippen LogP contribution in [0.15, 0.2) is 24.3 Å². The van der Waals surface area contributed by atoms with Gasteiger partial charge in [0.1, 0.15) is 5.75 Å². The molecule has 0 N–H and O–H groups in total. The van der Waals surface area contributed by atoms with Crippen molar-refractivity contribution >= 4 is 0 Å². The molecule has 0 aliphatic carbocycles. The molecule has 1 nitrogen and oxygen atoms in total. The van der Waals surface area contributed by atoms with E-state index in [1.54, 1.807) is 0 Å². The molecule has 0 bridgehead atoms. The summed E-state index contributed by atoms with van der Waals surface area (Å²) in [5.74, 6) is 2.27. The molecule has 0 radical (unpaired) electrons. The lowest BCUT2D eigenvalue weighted by Crippen LogP contribution is -2.09. The van der Waals surface area contributed by atoms with Crippen LogP contribution in [0.25, 0.3) is 0 Å². The Morgan fingerprint density at radius 2 is 1.56 bits per heavy atom. The monoisotopic (exact) mass is 220 g/mol. The van der Waals surface area contributed by atoms with Crippen LogP contribution >= 0.6 is 0 Å². The molecule has 0 aliphatic rings. The van der Waals surface area contributed by atoms with Crippen molar-refractivity contribution in [1.29, 1.82) is 0 Å². The first-order chi connectivity index (χ1) is 7.67. The van der Waals surface area contributed by atoms with Gasteiger partial charge < -0.3 is 4.74 Å². The maximum absolute atomic E-state index is 5.78. The van der Waals surface area contributed by atoms with Crippen molar-refractivity contribution in [2.75, 3.05) is 6.61 Å². The van der Waals surface area contributed by atoms with Gasteiger partial charge in [-0.2, -0.15) is 0 Å². The van der Waals surface area contributed by atoms with Gasteiger partial charge in [0.25, 0.3) is 0 Å². The van der Waals surface area contributed by atoms with E-state index < -0.39 is 0 Å². The zero-order valence-electron chi connectivity index (χ0n) is 11.0. The molecule has 0 spiro atoms. The quantitative estimate of drug-likeness (QED) is 0.679. The van der Waals surface area contributed by atoms with Crippen molar-refractivity contribution in [3.05, 3.63) is 29.8 Å². The van der Waals surface area contributed by atoms with Gasteiger partial charge in [-0.25, -0.2) is 0 Å². The molecule has 0 aromatic heterocycles. The van der Waals surface area contributed by atoms with Crippen LogP contribution in [0.2, 0.25) is 0 Å². The lowest BCUT2D eigenvalue weighted by Gasteiger charge is -2.14. The molecule has 1 aromatic carbocycles. The fraction of sp³-hybridized carbons (Fsp3) is 0.600. The molecule has 0 saturated heterocycles. The van der Waals surface area contributed by atoms with Gasteiger partial charge >= 0.3 is 0 Å². The summed E-state index contributed by atoms with van der Waals surface area (Å²) >= 11 is 0. The summed E-state index contributed by atoms with van der Waals surface area (Å²) in [6.07, 6.45) is 2.39. The van der Waals surface area contributed by atoms with Crippen LogP contribution in [-0.4, -0.2) is 6.61 Å². The summed E-state index contributed by atoms with van der Waals surface area (Å²) in [6.45, 7) is 9.70. The molecule has 1 rings (SSSR count). The van der Waals surface area contributed by atoms with Crippen molar-refractivity contribution in [2.45, 2.75) is 46.5 Å². The molecular formula is C15H24O. The highest BCUT2D eigenvalue weighted by Gasteiger charge is 2.04. The minimum absolute atomic E-state index is 0.591. The second-order valence-corrected chi connectivity index (χ2v) is 4.72. The van der Waals surface area contributed by atoms with E-state index in [0.717, 1.165) is 12.4 Å². The molecule has 1 aromatic rings. The van der Waals surface area contributed by atoms with E-state index in [-0.39, 0.29) is 0 Å². The number of hydrogen-bond acceptors (Lipinski definition) is 1. The van der Waals surface area contributed by atoms with Gasteiger partial charge in [0.2, 0.25) is 0 Å². The molecule has 0 heterocycles. The maximum Gasteiger partial charge on any atom is 0.119 e. The third-order valence-electron chi connectivity index (χ3n) is 3.19. The van der Waals surface area contributed by atoms with Gasteiger partial charge in [0.05, 0.1) is 6.61 Å². The first-order valence-electron chi connectivity index (χ1n) is 6.40. The van der Waals surface area contributed by atoms with Crippen LogP contribution in [0.3, 0.4) is 0 Å². The zero-order valence-corrected chi connectivity index (χ0v) is 11.0. The molecule has 0 atom stereocenters. The molecule has 90 valence electrons. The Hall–Kier alpha value is -0.980. The number of rotatable bonds is 6. The molecule has 1 heteroatoms. The minimum atomic E-state index is 0.591. The van der Waals surface area contributed by atoms with Crippen LogP contribution < -0.4 is 4.74 Å². The van der Waals surface area contributed by atoms with Crippen LogP contribution in [0.1, 0.15) is 52.0 Å². The number of ether oxygens (including phenoxy) is 1. The smallest absolute Gasteiger partial charge is 0.119 e. The fourth-order valence-corrected chi connectivity index (χ4v) is 1.69. The van der Waals surface area contributed by atoms with Crippen molar-refractivity contribution < 1.29 is 4.74 Å². The Morgan fingerprint density at radius 3 is 2.00 bits per heavy atom. The molecule has 0 saturated carbocycles. The van der Waals surface area contributed by atoms with Crippen LogP contribution in [0, 0.1) is 5.92 Å². The summed E-state index contributed by atoms with van der Waals surface area (Å²) in [5.41, 5.74) is 1.37. The first-order valence-corrected chi connectivity index (χ1v) is 6.40. The van der Waals surface area contributed by atoms with Gasteiger partial charge in [-0.05, 0) is 29.5 Å². The normalized spacial score (nSPS) is 11.1. The topological polar surface area (TPSA) is 9.23 Å². The number of hydrogen-bond donors (Lipinski definition) is 0. The van der Waals surface area contributed by atoms with Gasteiger partial charge in [-0.3, -0.25) is 0 Å². The summed E-state index contributed by atoms with van der Waals surface area (Å²) in [5, 5.41) is 0. The highest BCUT2D eigenvalue weighted by molar-refractivity contribution is 5.28. The van der Waals surface area contributed by atoms with E-state index in [2.05, 4.69) is 52.0 Å². The second kappa shape index (κ2) is 6.57. The Kier molecular flexibility index (Phi) is 5.37.